The van der Waals surface area contributed by atoms with Crippen LogP contribution in [0.4, 0.5) is 5.82 Å². The molecule has 1 amide bonds. The molecule has 6 N–H and O–H groups in total. The van der Waals surface area contributed by atoms with Gasteiger partial charge in [-0.3, -0.25) is 9.48 Å². The fourth-order valence-electron chi connectivity index (χ4n) is 1.02. The molecule has 0 spiro atoms. The quantitative estimate of drug-likeness (QED) is 0.443. The third-order valence-electron chi connectivity index (χ3n) is 1.92. The fourth-order valence-corrected chi connectivity index (χ4v) is 1.02. The van der Waals surface area contributed by atoms with Crippen molar-refractivity contribution in [1.29, 1.82) is 0 Å². The molecular formula is C7H12N4O3. The first kappa shape index (κ1) is 10.5. The number of rotatable bonds is 3. The molecule has 0 aromatic carbocycles. The van der Waals surface area contributed by atoms with Gasteiger partial charge in [-0.05, 0) is 0 Å². The van der Waals surface area contributed by atoms with Crippen LogP contribution in [-0.2, 0) is 11.8 Å². The van der Waals surface area contributed by atoms with Crippen molar-refractivity contribution < 1.29 is 15.0 Å². The van der Waals surface area contributed by atoms with Crippen LogP contribution >= 0.6 is 0 Å². The Kier molecular flexibility index (Phi) is 2.73. The number of anilines is 1. The van der Waals surface area contributed by atoms with E-state index in [0.29, 0.717) is 0 Å². The number of carbonyl (C=O) groups is 1. The van der Waals surface area contributed by atoms with Crippen molar-refractivity contribution in [2.45, 2.75) is 12.2 Å². The maximum Gasteiger partial charge on any atom is 0.249 e. The molecule has 0 aliphatic heterocycles. The Morgan fingerprint density at radius 3 is 2.57 bits per heavy atom. The lowest BCUT2D eigenvalue weighted by Crippen LogP contribution is -2.34. The molecule has 0 aliphatic rings. The topological polar surface area (TPSA) is 127 Å². The summed E-state index contributed by atoms with van der Waals surface area (Å²) in [5.74, 6) is -0.835. The molecule has 0 fully saturated rings. The van der Waals surface area contributed by atoms with Gasteiger partial charge in [0.2, 0.25) is 5.91 Å². The Balaban J connectivity index is 2.94. The largest absolute Gasteiger partial charge is 0.385 e. The number of aliphatic hydroxyl groups excluding tert-OH is 2. The summed E-state index contributed by atoms with van der Waals surface area (Å²) in [6.07, 6.45) is -1.85. The second-order valence-electron chi connectivity index (χ2n) is 2.90. The number of aryl methyl sites for hydroxylation is 1. The average Bonchev–Trinajstić information content (AvgIpc) is 2.45. The van der Waals surface area contributed by atoms with Gasteiger partial charge in [0.25, 0.3) is 0 Å². The van der Waals surface area contributed by atoms with E-state index in [1.807, 2.05) is 0 Å². The van der Waals surface area contributed by atoms with Crippen molar-refractivity contribution in [3.63, 3.8) is 0 Å². The number of hydrogen-bond acceptors (Lipinski definition) is 5. The highest BCUT2D eigenvalue weighted by molar-refractivity contribution is 5.79. The Morgan fingerprint density at radius 2 is 2.21 bits per heavy atom. The molecule has 0 aliphatic carbocycles. The summed E-state index contributed by atoms with van der Waals surface area (Å²) in [7, 11) is 1.57. The molecule has 0 saturated carbocycles. The molecule has 2 atom stereocenters. The Bertz CT molecular complexity index is 349. The number of nitrogens with zero attached hydrogens (tertiary/aromatic N) is 2. The number of hydrogen-bond donors (Lipinski definition) is 4. The summed E-state index contributed by atoms with van der Waals surface area (Å²) in [5.41, 5.74) is 10.5. The molecule has 1 aromatic heterocycles. The lowest BCUT2D eigenvalue weighted by molar-refractivity contribution is -0.131. The zero-order chi connectivity index (χ0) is 10.9. The van der Waals surface area contributed by atoms with E-state index in [9.17, 15) is 9.90 Å². The van der Waals surface area contributed by atoms with Crippen LogP contribution < -0.4 is 11.5 Å². The molecule has 1 rings (SSSR count). The summed E-state index contributed by atoms with van der Waals surface area (Å²) in [6, 6.07) is 0. The first-order valence-electron chi connectivity index (χ1n) is 3.88. The van der Waals surface area contributed by atoms with E-state index in [-0.39, 0.29) is 11.4 Å². The van der Waals surface area contributed by atoms with Crippen molar-refractivity contribution in [3.8, 4) is 0 Å². The normalized spacial score (nSPS) is 15.1. The molecule has 7 nitrogen and oxygen atoms in total. The van der Waals surface area contributed by atoms with E-state index in [1.54, 1.807) is 7.05 Å². The fraction of sp³-hybridized carbons (Fsp3) is 0.429. The maximum atomic E-state index is 10.6. The van der Waals surface area contributed by atoms with E-state index in [0.717, 1.165) is 0 Å². The van der Waals surface area contributed by atoms with Gasteiger partial charge in [-0.1, -0.05) is 0 Å². The number of primary amides is 1. The van der Waals surface area contributed by atoms with Gasteiger partial charge in [-0.15, -0.1) is 0 Å². The minimum absolute atomic E-state index is 0.179. The third kappa shape index (κ3) is 1.68. The first-order valence-corrected chi connectivity index (χ1v) is 3.88. The summed E-state index contributed by atoms with van der Waals surface area (Å²) in [6.45, 7) is 0. The van der Waals surface area contributed by atoms with Crippen molar-refractivity contribution in [2.75, 3.05) is 5.73 Å². The van der Waals surface area contributed by atoms with Crippen LogP contribution in [0.3, 0.4) is 0 Å². The highest BCUT2D eigenvalue weighted by Crippen LogP contribution is 2.21. The second kappa shape index (κ2) is 3.64. The van der Waals surface area contributed by atoms with Crippen LogP contribution in [0.25, 0.3) is 0 Å². The zero-order valence-electron chi connectivity index (χ0n) is 7.58. The molecule has 14 heavy (non-hydrogen) atoms. The van der Waals surface area contributed by atoms with Gasteiger partial charge >= 0.3 is 0 Å². The van der Waals surface area contributed by atoms with Gasteiger partial charge in [-0.2, -0.15) is 5.10 Å². The molecule has 2 unspecified atom stereocenters. The van der Waals surface area contributed by atoms with Crippen molar-refractivity contribution in [2.24, 2.45) is 12.8 Å². The van der Waals surface area contributed by atoms with Crippen molar-refractivity contribution in [3.05, 3.63) is 11.8 Å². The Morgan fingerprint density at radius 1 is 1.64 bits per heavy atom. The lowest BCUT2D eigenvalue weighted by atomic mass is 10.1. The third-order valence-corrected chi connectivity index (χ3v) is 1.92. The predicted octanol–water partition coefficient (Wildman–Crippen LogP) is -2.12. The van der Waals surface area contributed by atoms with Gasteiger partial charge in [0.1, 0.15) is 11.9 Å². The zero-order valence-corrected chi connectivity index (χ0v) is 7.58. The minimum Gasteiger partial charge on any atom is -0.385 e. The first-order chi connectivity index (χ1) is 6.45. The molecule has 7 heteroatoms. The highest BCUT2D eigenvalue weighted by Gasteiger charge is 2.26. The van der Waals surface area contributed by atoms with E-state index in [1.165, 1.54) is 10.9 Å². The van der Waals surface area contributed by atoms with Crippen LogP contribution in [-0.4, -0.2) is 32.0 Å². The van der Waals surface area contributed by atoms with Gasteiger partial charge in [0.15, 0.2) is 6.10 Å². The van der Waals surface area contributed by atoms with E-state index < -0.39 is 18.1 Å². The van der Waals surface area contributed by atoms with Crippen LogP contribution in [0, 0.1) is 0 Å². The van der Waals surface area contributed by atoms with Crippen LogP contribution in [0.5, 0.6) is 0 Å². The summed E-state index contributed by atoms with van der Waals surface area (Å²) < 4.78 is 1.31. The van der Waals surface area contributed by atoms with E-state index >= 15 is 0 Å². The monoisotopic (exact) mass is 200 g/mol. The molecule has 78 valence electrons. The van der Waals surface area contributed by atoms with E-state index in [2.05, 4.69) is 5.10 Å². The van der Waals surface area contributed by atoms with Crippen molar-refractivity contribution in [1.82, 2.24) is 9.78 Å². The summed E-state index contributed by atoms with van der Waals surface area (Å²) >= 11 is 0. The van der Waals surface area contributed by atoms with Gasteiger partial charge < -0.3 is 21.7 Å². The number of carbonyl (C=O) groups excluding carboxylic acids is 1. The number of aliphatic hydroxyl groups is 2. The standard InChI is InChI=1S/C7H12N4O3/c1-11-6(8)3(2-10-11)4(12)5(13)7(9)14/h2,4-5,12-13H,8H2,1H3,(H2,9,14). The number of amides is 1. The predicted molar refractivity (Wildman–Crippen MR) is 47.8 cm³/mol. The minimum atomic E-state index is -1.68. The van der Waals surface area contributed by atoms with Crippen LogP contribution in [0.2, 0.25) is 0 Å². The summed E-state index contributed by atoms with van der Waals surface area (Å²) in [4.78, 5) is 10.6. The molecular weight excluding hydrogens is 188 g/mol. The van der Waals surface area contributed by atoms with Crippen LogP contribution in [0.15, 0.2) is 6.20 Å². The maximum absolute atomic E-state index is 10.6. The Labute approximate surface area is 79.9 Å². The second-order valence-corrected chi connectivity index (χ2v) is 2.90. The summed E-state index contributed by atoms with van der Waals surface area (Å²) in [5, 5.41) is 22.4. The highest BCUT2D eigenvalue weighted by atomic mass is 16.3. The van der Waals surface area contributed by atoms with Gasteiger partial charge in [-0.25, -0.2) is 0 Å². The van der Waals surface area contributed by atoms with Gasteiger partial charge in [0.05, 0.1) is 6.20 Å². The number of nitrogens with two attached hydrogens (primary N) is 2. The SMILES string of the molecule is Cn1ncc(C(O)C(O)C(N)=O)c1N. The molecule has 1 aromatic rings. The molecule has 1 heterocycles. The smallest absolute Gasteiger partial charge is 0.249 e. The molecule has 0 saturated heterocycles. The number of aromatic nitrogens is 2. The van der Waals surface area contributed by atoms with E-state index in [4.69, 9.17) is 16.6 Å². The molecule has 0 bridgehead atoms. The van der Waals surface area contributed by atoms with Gasteiger partial charge in [0, 0.05) is 12.6 Å². The lowest BCUT2D eigenvalue weighted by Gasteiger charge is -2.13. The Hall–Kier alpha value is -1.60. The molecule has 0 radical (unpaired) electrons. The average molecular weight is 200 g/mol. The number of nitrogen functional groups attached to an aromatic ring is 1. The van der Waals surface area contributed by atoms with Crippen molar-refractivity contribution >= 4 is 11.7 Å². The van der Waals surface area contributed by atoms with Crippen LogP contribution in [0.1, 0.15) is 11.7 Å².